The van der Waals surface area contributed by atoms with Gasteiger partial charge in [0.25, 0.3) is 5.91 Å². The summed E-state index contributed by atoms with van der Waals surface area (Å²) in [6.07, 6.45) is 1.20. The van der Waals surface area contributed by atoms with Crippen molar-refractivity contribution in [2.45, 2.75) is 0 Å². The number of halogens is 3. The topological polar surface area (TPSA) is 72.2 Å². The molecule has 0 saturated heterocycles. The van der Waals surface area contributed by atoms with E-state index in [0.29, 0.717) is 11.1 Å². The third-order valence-corrected chi connectivity index (χ3v) is 4.21. The van der Waals surface area contributed by atoms with Crippen molar-refractivity contribution in [3.8, 4) is 0 Å². The maximum absolute atomic E-state index is 14.3. The number of amides is 1. The fourth-order valence-electron chi connectivity index (χ4n) is 2.81. The molecule has 0 aliphatic rings. The number of nitrogens with zero attached hydrogens (tertiary/aromatic N) is 1. The van der Waals surface area contributed by atoms with E-state index in [4.69, 9.17) is 4.42 Å². The summed E-state index contributed by atoms with van der Waals surface area (Å²) < 4.78 is 46.8. The zero-order valence-corrected chi connectivity index (χ0v) is 14.6. The minimum Gasteiger partial charge on any atom is -0.443 e. The Morgan fingerprint density at radius 3 is 2.55 bits per heavy atom. The van der Waals surface area contributed by atoms with E-state index in [1.165, 1.54) is 36.7 Å². The third-order valence-electron chi connectivity index (χ3n) is 4.21. The van der Waals surface area contributed by atoms with Crippen LogP contribution in [0.15, 0.2) is 65.4 Å². The van der Waals surface area contributed by atoms with E-state index in [1.54, 1.807) is 0 Å². The Kier molecular flexibility index (Phi) is 4.59. The van der Waals surface area contributed by atoms with Gasteiger partial charge in [-0.2, -0.15) is 0 Å². The number of fused-ring (bicyclic) bond motifs is 1. The summed E-state index contributed by atoms with van der Waals surface area (Å²) in [7, 11) is 0. The van der Waals surface area contributed by atoms with Crippen LogP contribution in [-0.4, -0.2) is 16.7 Å². The first kappa shape index (κ1) is 18.4. The standard InChI is InChI=1S/C21H11F3N2O3/c22-13-3-1-2-12(6-13)21(28)26-14-8-15(19(24)16(23)9-14)20(27)11-4-5-17-18(7-11)29-10-25-17/h1-10H,(H,26,28). The summed E-state index contributed by atoms with van der Waals surface area (Å²) in [4.78, 5) is 28.9. The molecule has 1 heterocycles. The van der Waals surface area contributed by atoms with Crippen LogP contribution in [0.2, 0.25) is 0 Å². The van der Waals surface area contributed by atoms with E-state index in [0.717, 1.165) is 24.3 Å². The molecule has 1 N–H and O–H groups in total. The number of rotatable bonds is 4. The number of hydrogen-bond donors (Lipinski definition) is 1. The fourth-order valence-corrected chi connectivity index (χ4v) is 2.81. The van der Waals surface area contributed by atoms with Crippen molar-refractivity contribution in [2.24, 2.45) is 0 Å². The minimum absolute atomic E-state index is 0.0154. The monoisotopic (exact) mass is 396 g/mol. The van der Waals surface area contributed by atoms with Crippen molar-refractivity contribution in [1.29, 1.82) is 0 Å². The highest BCUT2D eigenvalue weighted by molar-refractivity contribution is 6.11. The van der Waals surface area contributed by atoms with E-state index >= 15 is 0 Å². The van der Waals surface area contributed by atoms with Gasteiger partial charge in [0.05, 0.1) is 5.56 Å². The molecule has 0 saturated carbocycles. The quantitative estimate of drug-likeness (QED) is 0.507. The molecule has 1 aromatic heterocycles. The Labute approximate surface area is 161 Å². The molecule has 0 spiro atoms. The van der Waals surface area contributed by atoms with Crippen LogP contribution < -0.4 is 5.32 Å². The van der Waals surface area contributed by atoms with Gasteiger partial charge in [0, 0.05) is 22.9 Å². The molecular weight excluding hydrogens is 385 g/mol. The summed E-state index contributed by atoms with van der Waals surface area (Å²) >= 11 is 0. The average molecular weight is 396 g/mol. The number of carbonyl (C=O) groups is 2. The summed E-state index contributed by atoms with van der Waals surface area (Å²) in [5.74, 6) is -4.83. The molecule has 4 rings (SSSR count). The molecule has 0 aliphatic carbocycles. The van der Waals surface area contributed by atoms with Crippen molar-refractivity contribution in [1.82, 2.24) is 4.98 Å². The van der Waals surface area contributed by atoms with Crippen molar-refractivity contribution in [3.63, 3.8) is 0 Å². The molecule has 0 bridgehead atoms. The molecule has 0 aliphatic heterocycles. The van der Waals surface area contributed by atoms with Crippen LogP contribution in [0.25, 0.3) is 11.1 Å². The summed E-state index contributed by atoms with van der Waals surface area (Å²) in [5.41, 5.74) is 0.136. The van der Waals surface area contributed by atoms with Gasteiger partial charge in [-0.15, -0.1) is 0 Å². The largest absolute Gasteiger partial charge is 0.443 e. The lowest BCUT2D eigenvalue weighted by molar-refractivity contribution is 0.101. The molecule has 5 nitrogen and oxygen atoms in total. The maximum atomic E-state index is 14.3. The average Bonchev–Trinajstić information content (AvgIpc) is 3.18. The molecule has 3 aromatic carbocycles. The van der Waals surface area contributed by atoms with Crippen molar-refractivity contribution in [2.75, 3.05) is 5.32 Å². The van der Waals surface area contributed by atoms with Gasteiger partial charge in [-0.05, 0) is 42.5 Å². The second kappa shape index (κ2) is 7.23. The van der Waals surface area contributed by atoms with Gasteiger partial charge in [0.15, 0.2) is 29.4 Å². The van der Waals surface area contributed by atoms with Gasteiger partial charge >= 0.3 is 0 Å². The molecule has 0 fully saturated rings. The second-order valence-electron chi connectivity index (χ2n) is 6.15. The molecule has 0 atom stereocenters. The second-order valence-corrected chi connectivity index (χ2v) is 6.15. The number of nitrogens with one attached hydrogen (secondary N) is 1. The highest BCUT2D eigenvalue weighted by Crippen LogP contribution is 2.24. The van der Waals surface area contributed by atoms with Gasteiger partial charge in [-0.3, -0.25) is 9.59 Å². The van der Waals surface area contributed by atoms with E-state index in [2.05, 4.69) is 10.3 Å². The maximum Gasteiger partial charge on any atom is 0.255 e. The molecule has 4 aromatic rings. The first-order valence-corrected chi connectivity index (χ1v) is 8.36. The Balaban J connectivity index is 1.68. The van der Waals surface area contributed by atoms with Gasteiger partial charge in [0.2, 0.25) is 0 Å². The molecule has 0 unspecified atom stereocenters. The summed E-state index contributed by atoms with van der Waals surface area (Å²) in [5, 5.41) is 2.33. The predicted octanol–water partition coefficient (Wildman–Crippen LogP) is 4.73. The lowest BCUT2D eigenvalue weighted by Crippen LogP contribution is -2.14. The molecule has 0 radical (unpaired) electrons. The number of hydrogen-bond acceptors (Lipinski definition) is 4. The van der Waals surface area contributed by atoms with Crippen molar-refractivity contribution in [3.05, 3.63) is 95.1 Å². The molecule has 144 valence electrons. The smallest absolute Gasteiger partial charge is 0.255 e. The number of oxazole rings is 1. The number of ketones is 1. The number of carbonyl (C=O) groups excluding carboxylic acids is 2. The van der Waals surface area contributed by atoms with E-state index in [-0.39, 0.29) is 16.8 Å². The SMILES string of the molecule is O=C(Nc1cc(F)c(F)c(C(=O)c2ccc3ncoc3c2)c1)c1cccc(F)c1. The molecule has 1 amide bonds. The summed E-state index contributed by atoms with van der Waals surface area (Å²) in [6, 6.07) is 10.9. The van der Waals surface area contributed by atoms with Crippen LogP contribution in [0.5, 0.6) is 0 Å². The zero-order chi connectivity index (χ0) is 20.5. The number of aromatic nitrogens is 1. The summed E-state index contributed by atoms with van der Waals surface area (Å²) in [6.45, 7) is 0. The zero-order valence-electron chi connectivity index (χ0n) is 14.6. The van der Waals surface area contributed by atoms with Crippen LogP contribution in [0.3, 0.4) is 0 Å². The molecule has 29 heavy (non-hydrogen) atoms. The van der Waals surface area contributed by atoms with E-state index < -0.39 is 34.7 Å². The van der Waals surface area contributed by atoms with Crippen LogP contribution in [0, 0.1) is 17.5 Å². The first-order valence-electron chi connectivity index (χ1n) is 8.36. The lowest BCUT2D eigenvalue weighted by atomic mass is 10.0. The van der Waals surface area contributed by atoms with E-state index in [9.17, 15) is 22.8 Å². The van der Waals surface area contributed by atoms with Crippen LogP contribution in [0.4, 0.5) is 18.9 Å². The molecular formula is C21H11F3N2O3. The highest BCUT2D eigenvalue weighted by Gasteiger charge is 2.20. The third kappa shape index (κ3) is 3.60. The van der Waals surface area contributed by atoms with Crippen molar-refractivity contribution >= 4 is 28.5 Å². The first-order chi connectivity index (χ1) is 13.9. The highest BCUT2D eigenvalue weighted by atomic mass is 19.2. The fraction of sp³-hybridized carbons (Fsp3) is 0. The lowest BCUT2D eigenvalue weighted by Gasteiger charge is -2.09. The van der Waals surface area contributed by atoms with Gasteiger partial charge in [-0.1, -0.05) is 6.07 Å². The van der Waals surface area contributed by atoms with Crippen LogP contribution in [0.1, 0.15) is 26.3 Å². The number of benzene rings is 3. The van der Waals surface area contributed by atoms with Crippen LogP contribution >= 0.6 is 0 Å². The molecule has 8 heteroatoms. The Morgan fingerprint density at radius 1 is 0.931 bits per heavy atom. The van der Waals surface area contributed by atoms with Gasteiger partial charge in [-0.25, -0.2) is 18.2 Å². The van der Waals surface area contributed by atoms with Gasteiger partial charge in [0.1, 0.15) is 11.3 Å². The number of anilines is 1. The normalized spacial score (nSPS) is 10.9. The Morgan fingerprint density at radius 2 is 1.76 bits per heavy atom. The minimum atomic E-state index is -1.35. The Bertz CT molecular complexity index is 1270. The Hall–Kier alpha value is -3.94. The predicted molar refractivity (Wildman–Crippen MR) is 98.2 cm³/mol. The van der Waals surface area contributed by atoms with Gasteiger partial charge < -0.3 is 9.73 Å². The van der Waals surface area contributed by atoms with Crippen molar-refractivity contribution < 1.29 is 27.2 Å². The van der Waals surface area contributed by atoms with Crippen LogP contribution in [-0.2, 0) is 0 Å². The van der Waals surface area contributed by atoms with E-state index in [1.807, 2.05) is 0 Å².